The van der Waals surface area contributed by atoms with E-state index in [1.165, 1.54) is 4.90 Å². The van der Waals surface area contributed by atoms with Crippen LogP contribution in [0, 0.1) is 11.8 Å². The van der Waals surface area contributed by atoms with Crippen LogP contribution in [-0.4, -0.2) is 29.2 Å². The van der Waals surface area contributed by atoms with Crippen molar-refractivity contribution < 1.29 is 27.6 Å². The van der Waals surface area contributed by atoms with Gasteiger partial charge in [0.2, 0.25) is 17.7 Å². The van der Waals surface area contributed by atoms with E-state index in [0.29, 0.717) is 19.3 Å². The second kappa shape index (κ2) is 10.3. The predicted molar refractivity (Wildman–Crippen MR) is 153 cm³/mol. The van der Waals surface area contributed by atoms with Gasteiger partial charge in [-0.2, -0.15) is 13.2 Å². The second-order valence-electron chi connectivity index (χ2n) is 10.8. The molecule has 2 atom stereocenters. The Balaban J connectivity index is 1.12. The van der Waals surface area contributed by atoms with E-state index in [4.69, 9.17) is 34.8 Å². The highest BCUT2D eigenvalue weighted by Crippen LogP contribution is 2.69. The van der Waals surface area contributed by atoms with E-state index in [-0.39, 0.29) is 35.5 Å². The summed E-state index contributed by atoms with van der Waals surface area (Å²) in [4.78, 5) is 38.8. The number of carbonyl (C=O) groups excluding carboxylic acids is 3. The Morgan fingerprint density at radius 1 is 0.810 bits per heavy atom. The minimum atomic E-state index is -4.57. The Hall–Kier alpha value is -3.07. The minimum Gasteiger partial charge on any atom is -0.325 e. The molecule has 0 radical (unpaired) electrons. The summed E-state index contributed by atoms with van der Waals surface area (Å²) in [7, 11) is 0. The number of rotatable bonds is 7. The topological polar surface area (TPSA) is 66.5 Å². The average Bonchev–Trinajstić information content (AvgIpc) is 3.22. The summed E-state index contributed by atoms with van der Waals surface area (Å²) >= 11 is 20.8. The van der Waals surface area contributed by atoms with Gasteiger partial charge in [-0.15, -0.1) is 23.2 Å². The van der Waals surface area contributed by atoms with Crippen molar-refractivity contribution in [1.29, 1.82) is 0 Å². The van der Waals surface area contributed by atoms with Crippen LogP contribution in [0.5, 0.6) is 0 Å². The molecule has 3 aromatic carbocycles. The van der Waals surface area contributed by atoms with Crippen LogP contribution < -0.4 is 5.32 Å². The number of nitrogens with zero attached hydrogens (tertiary/aromatic N) is 1. The van der Waals surface area contributed by atoms with Gasteiger partial charge in [0.15, 0.2) is 0 Å². The molecule has 218 valence electrons. The highest BCUT2D eigenvalue weighted by molar-refractivity contribution is 6.36. The molecular weight excluding hydrogens is 612 g/mol. The summed E-state index contributed by atoms with van der Waals surface area (Å²) in [5, 5.41) is 2.42. The van der Waals surface area contributed by atoms with E-state index in [9.17, 15) is 27.6 Å². The first-order valence-electron chi connectivity index (χ1n) is 13.5. The summed E-state index contributed by atoms with van der Waals surface area (Å²) in [6, 6.07) is 17.6. The van der Waals surface area contributed by atoms with Gasteiger partial charge in [-0.05, 0) is 53.3 Å². The van der Waals surface area contributed by atoms with E-state index in [1.807, 2.05) is 48.5 Å². The predicted octanol–water partition coefficient (Wildman–Crippen LogP) is 7.45. The van der Waals surface area contributed by atoms with Gasteiger partial charge in [-0.3, -0.25) is 19.3 Å². The van der Waals surface area contributed by atoms with E-state index < -0.39 is 39.2 Å². The van der Waals surface area contributed by atoms with Gasteiger partial charge in [0.25, 0.3) is 0 Å². The molecule has 3 amide bonds. The van der Waals surface area contributed by atoms with Gasteiger partial charge in [-0.25, -0.2) is 0 Å². The van der Waals surface area contributed by atoms with Crippen LogP contribution in [-0.2, 0) is 30.3 Å². The van der Waals surface area contributed by atoms with Gasteiger partial charge >= 0.3 is 6.18 Å². The molecule has 3 aromatic rings. The lowest BCUT2D eigenvalue weighted by Crippen LogP contribution is -2.57. The zero-order chi connectivity index (χ0) is 30.0. The van der Waals surface area contributed by atoms with Gasteiger partial charge in [0, 0.05) is 13.0 Å². The zero-order valence-corrected chi connectivity index (χ0v) is 24.2. The molecule has 1 aliphatic heterocycles. The lowest BCUT2D eigenvalue weighted by molar-refractivity contribution is -0.140. The number of imide groups is 1. The molecule has 42 heavy (non-hydrogen) atoms. The third-order valence-corrected chi connectivity index (χ3v) is 10.1. The number of likely N-dealkylation sites (tertiary alicyclic amines) is 1. The van der Waals surface area contributed by atoms with Crippen molar-refractivity contribution in [2.24, 2.45) is 11.8 Å². The summed E-state index contributed by atoms with van der Waals surface area (Å²) in [6.07, 6.45) is -3.22. The molecule has 0 spiro atoms. The molecule has 1 saturated heterocycles. The molecule has 5 nitrogen and oxygen atoms in total. The molecule has 11 heteroatoms. The summed E-state index contributed by atoms with van der Waals surface area (Å²) in [5.41, 5.74) is 1.90. The number of nitrogens with one attached hydrogen (secondary N) is 1. The van der Waals surface area contributed by atoms with Crippen LogP contribution in [0.25, 0.3) is 0 Å². The van der Waals surface area contributed by atoms with Crippen molar-refractivity contribution in [3.63, 3.8) is 0 Å². The maximum Gasteiger partial charge on any atom is 0.416 e. The largest absolute Gasteiger partial charge is 0.416 e. The second-order valence-corrected chi connectivity index (χ2v) is 12.4. The van der Waals surface area contributed by atoms with Crippen LogP contribution in [0.4, 0.5) is 18.9 Å². The highest BCUT2D eigenvalue weighted by atomic mass is 35.5. The Morgan fingerprint density at radius 3 is 1.79 bits per heavy atom. The van der Waals surface area contributed by atoms with Crippen molar-refractivity contribution in [1.82, 2.24) is 4.90 Å². The summed E-state index contributed by atoms with van der Waals surface area (Å²) < 4.78 is 39.0. The van der Waals surface area contributed by atoms with E-state index in [0.717, 1.165) is 40.5 Å². The van der Waals surface area contributed by atoms with Gasteiger partial charge in [0.05, 0.1) is 28.1 Å². The smallest absolute Gasteiger partial charge is 0.325 e. The molecule has 0 unspecified atom stereocenters. The molecule has 3 aliphatic carbocycles. The lowest BCUT2D eigenvalue weighted by atomic mass is 9.54. The van der Waals surface area contributed by atoms with Crippen molar-refractivity contribution in [3.8, 4) is 0 Å². The SMILES string of the molecule is O=C(CCCCCN1C(=O)[C@H]2[C@H](C1=O)C1(Cl)c3ccccc3C2(Cl)c2ccccc21)Nc1cc(C(F)(F)F)ccc1Cl. The average molecular weight is 636 g/mol. The molecular formula is C31H24Cl3F3N2O3. The maximum atomic E-state index is 13.8. The fraction of sp³-hybridized carbons (Fsp3) is 0.323. The normalized spacial score (nSPS) is 25.7. The number of halogens is 6. The molecule has 0 saturated carbocycles. The fourth-order valence-electron chi connectivity index (χ4n) is 6.69. The first-order valence-corrected chi connectivity index (χ1v) is 14.6. The van der Waals surface area contributed by atoms with E-state index in [2.05, 4.69) is 5.32 Å². The minimum absolute atomic E-state index is 0.00345. The number of carbonyl (C=O) groups is 3. The number of unbranched alkanes of at least 4 members (excludes halogenated alkanes) is 2. The van der Waals surface area contributed by atoms with Gasteiger partial charge < -0.3 is 5.32 Å². The van der Waals surface area contributed by atoms with Crippen LogP contribution in [0.2, 0.25) is 5.02 Å². The number of alkyl halides is 5. The first-order chi connectivity index (χ1) is 19.9. The number of hydrogen-bond donors (Lipinski definition) is 1. The number of amides is 3. The Labute approximate surface area is 254 Å². The number of benzene rings is 3. The molecule has 1 N–H and O–H groups in total. The standard InChI is InChI=1S/C31H24Cl3F3N2O3/c32-22-14-13-17(31(35,36)37)16-23(22)38-24(40)12-2-1-7-15-39-27(41)25-26(28(39)42)30(34)19-9-4-3-8-18(19)29(25,33)20-10-5-6-11-21(20)30/h3-6,8-11,13-14,16,25-26H,1-2,7,12,15H2,(H,38,40)/t25-,26-,29?,30?/m1/s1. The van der Waals surface area contributed by atoms with Crippen LogP contribution in [0.15, 0.2) is 66.7 Å². The van der Waals surface area contributed by atoms with Crippen LogP contribution >= 0.6 is 34.8 Å². The van der Waals surface area contributed by atoms with Crippen molar-refractivity contribution in [3.05, 3.63) is 99.6 Å². The molecule has 4 aliphatic rings. The maximum absolute atomic E-state index is 13.8. The number of hydrogen-bond acceptors (Lipinski definition) is 3. The lowest BCUT2D eigenvalue weighted by Gasteiger charge is -2.54. The quantitative estimate of drug-likeness (QED) is 0.167. The first kappa shape index (κ1) is 29.0. The van der Waals surface area contributed by atoms with Crippen molar-refractivity contribution in [2.45, 2.75) is 41.6 Å². The van der Waals surface area contributed by atoms with Gasteiger partial charge in [0.1, 0.15) is 9.75 Å². The fourth-order valence-corrected chi connectivity index (χ4v) is 7.95. The van der Waals surface area contributed by atoms with Crippen molar-refractivity contribution in [2.75, 3.05) is 11.9 Å². The third kappa shape index (κ3) is 4.25. The zero-order valence-electron chi connectivity index (χ0n) is 22.0. The molecule has 1 fully saturated rings. The number of anilines is 1. The third-order valence-electron chi connectivity index (χ3n) is 8.53. The van der Waals surface area contributed by atoms with Crippen LogP contribution in [0.3, 0.4) is 0 Å². The summed E-state index contributed by atoms with van der Waals surface area (Å²) in [5.74, 6) is -2.96. The molecule has 0 aromatic heterocycles. The van der Waals surface area contributed by atoms with Crippen molar-refractivity contribution >= 4 is 58.2 Å². The Morgan fingerprint density at radius 2 is 1.31 bits per heavy atom. The molecule has 1 heterocycles. The van der Waals surface area contributed by atoms with E-state index >= 15 is 0 Å². The Kier molecular flexibility index (Phi) is 7.10. The molecule has 7 rings (SSSR count). The molecule has 2 bridgehead atoms. The van der Waals surface area contributed by atoms with Gasteiger partial charge in [-0.1, -0.05) is 66.6 Å². The Bertz CT molecular complexity index is 1500. The highest BCUT2D eigenvalue weighted by Gasteiger charge is 2.72. The summed E-state index contributed by atoms with van der Waals surface area (Å²) in [6.45, 7) is 0.137. The monoisotopic (exact) mass is 634 g/mol. The van der Waals surface area contributed by atoms with Crippen LogP contribution in [0.1, 0.15) is 53.5 Å². The van der Waals surface area contributed by atoms with E-state index in [1.54, 1.807) is 0 Å².